The van der Waals surface area contributed by atoms with Crippen molar-refractivity contribution in [2.45, 2.75) is 19.9 Å². The van der Waals surface area contributed by atoms with Crippen molar-refractivity contribution in [3.05, 3.63) is 28.3 Å². The van der Waals surface area contributed by atoms with Gasteiger partial charge in [-0.25, -0.2) is 9.78 Å². The SMILES string of the molecule is COc1nnccc1NC(=O)N1CCCN(Cc2csc(C)n2)CC1. The normalized spacial score (nSPS) is 15.7. The first-order valence-electron chi connectivity index (χ1n) is 8.20. The summed E-state index contributed by atoms with van der Waals surface area (Å²) in [4.78, 5) is 21.2. The van der Waals surface area contributed by atoms with Crippen molar-refractivity contribution >= 4 is 23.1 Å². The molecule has 0 bridgehead atoms. The number of methoxy groups -OCH3 is 1. The predicted molar refractivity (Wildman–Crippen MR) is 95.9 cm³/mol. The van der Waals surface area contributed by atoms with Crippen LogP contribution >= 0.6 is 11.3 Å². The number of nitrogens with one attached hydrogen (secondary N) is 1. The summed E-state index contributed by atoms with van der Waals surface area (Å²) in [6.07, 6.45) is 2.46. The fourth-order valence-corrected chi connectivity index (χ4v) is 3.40. The number of aryl methyl sites for hydroxylation is 1. The monoisotopic (exact) mass is 362 g/mol. The highest BCUT2D eigenvalue weighted by atomic mass is 32.1. The Bertz CT molecular complexity index is 722. The maximum absolute atomic E-state index is 12.5. The zero-order chi connectivity index (χ0) is 17.6. The first kappa shape index (κ1) is 17.6. The van der Waals surface area contributed by atoms with E-state index in [9.17, 15) is 4.79 Å². The molecule has 1 aliphatic heterocycles. The number of carbonyl (C=O) groups is 1. The highest BCUT2D eigenvalue weighted by molar-refractivity contribution is 7.09. The number of hydrogen-bond acceptors (Lipinski definition) is 7. The second kappa shape index (κ2) is 8.21. The summed E-state index contributed by atoms with van der Waals surface area (Å²) in [5.41, 5.74) is 1.63. The number of anilines is 1. The third-order valence-electron chi connectivity index (χ3n) is 4.05. The molecule has 1 fully saturated rings. The smallest absolute Gasteiger partial charge is 0.322 e. The molecule has 2 aromatic heterocycles. The lowest BCUT2D eigenvalue weighted by atomic mass is 10.3. The van der Waals surface area contributed by atoms with E-state index in [0.717, 1.165) is 43.3 Å². The number of amides is 2. The Labute approximate surface area is 150 Å². The first-order valence-corrected chi connectivity index (χ1v) is 9.08. The Morgan fingerprint density at radius 1 is 1.36 bits per heavy atom. The van der Waals surface area contributed by atoms with E-state index in [-0.39, 0.29) is 6.03 Å². The molecule has 8 nitrogen and oxygen atoms in total. The number of hydrogen-bond donors (Lipinski definition) is 1. The molecule has 9 heteroatoms. The van der Waals surface area contributed by atoms with Crippen LogP contribution in [0.2, 0.25) is 0 Å². The van der Waals surface area contributed by atoms with Crippen LogP contribution in [0, 0.1) is 6.92 Å². The van der Waals surface area contributed by atoms with E-state index in [4.69, 9.17) is 4.74 Å². The van der Waals surface area contributed by atoms with Crippen LogP contribution in [0.3, 0.4) is 0 Å². The maximum atomic E-state index is 12.5. The van der Waals surface area contributed by atoms with E-state index < -0.39 is 0 Å². The topological polar surface area (TPSA) is 83.5 Å². The van der Waals surface area contributed by atoms with Crippen molar-refractivity contribution < 1.29 is 9.53 Å². The minimum atomic E-state index is -0.141. The largest absolute Gasteiger partial charge is 0.478 e. The van der Waals surface area contributed by atoms with Crippen LogP contribution in [0.1, 0.15) is 17.1 Å². The van der Waals surface area contributed by atoms with Crippen LogP contribution in [0.15, 0.2) is 17.6 Å². The molecule has 1 saturated heterocycles. The summed E-state index contributed by atoms with van der Waals surface area (Å²) in [5, 5.41) is 13.7. The van der Waals surface area contributed by atoms with E-state index in [0.29, 0.717) is 18.1 Å². The van der Waals surface area contributed by atoms with Crippen LogP contribution in [0.5, 0.6) is 5.88 Å². The molecule has 25 heavy (non-hydrogen) atoms. The van der Waals surface area contributed by atoms with E-state index in [1.54, 1.807) is 17.4 Å². The van der Waals surface area contributed by atoms with Crippen molar-refractivity contribution in [2.24, 2.45) is 0 Å². The summed E-state index contributed by atoms with van der Waals surface area (Å²) >= 11 is 1.67. The molecule has 0 radical (unpaired) electrons. The van der Waals surface area contributed by atoms with E-state index in [1.165, 1.54) is 13.3 Å². The molecular weight excluding hydrogens is 340 g/mol. The van der Waals surface area contributed by atoms with Gasteiger partial charge in [-0.3, -0.25) is 4.90 Å². The average molecular weight is 362 g/mol. The summed E-state index contributed by atoms with van der Waals surface area (Å²) in [6.45, 7) is 6.04. The highest BCUT2D eigenvalue weighted by Crippen LogP contribution is 2.19. The molecular formula is C16H22N6O2S. The molecule has 0 spiro atoms. The van der Waals surface area contributed by atoms with Crippen LogP contribution in [0.25, 0.3) is 0 Å². The van der Waals surface area contributed by atoms with E-state index in [2.05, 4.69) is 30.8 Å². The van der Waals surface area contributed by atoms with Crippen LogP contribution < -0.4 is 10.1 Å². The van der Waals surface area contributed by atoms with Gasteiger partial charge >= 0.3 is 6.03 Å². The predicted octanol–water partition coefficient (Wildman–Crippen LogP) is 1.99. The molecule has 0 saturated carbocycles. The number of aromatic nitrogens is 3. The number of rotatable bonds is 4. The number of carbonyl (C=O) groups excluding carboxylic acids is 1. The molecule has 0 atom stereocenters. The van der Waals surface area contributed by atoms with Crippen molar-refractivity contribution in [1.29, 1.82) is 0 Å². The van der Waals surface area contributed by atoms with Gasteiger partial charge in [0, 0.05) is 38.1 Å². The number of urea groups is 1. The zero-order valence-electron chi connectivity index (χ0n) is 14.4. The minimum Gasteiger partial charge on any atom is -0.478 e. The Morgan fingerprint density at radius 3 is 3.00 bits per heavy atom. The lowest BCUT2D eigenvalue weighted by Gasteiger charge is -2.22. The van der Waals surface area contributed by atoms with E-state index in [1.807, 2.05) is 11.8 Å². The molecule has 3 rings (SSSR count). The van der Waals surface area contributed by atoms with Gasteiger partial charge in [0.25, 0.3) is 5.88 Å². The van der Waals surface area contributed by atoms with Gasteiger partial charge in [0.1, 0.15) is 5.69 Å². The van der Waals surface area contributed by atoms with Crippen LogP contribution in [0.4, 0.5) is 10.5 Å². The molecule has 0 aromatic carbocycles. The van der Waals surface area contributed by atoms with Gasteiger partial charge in [0.15, 0.2) is 0 Å². The van der Waals surface area contributed by atoms with Crippen molar-refractivity contribution in [3.8, 4) is 5.88 Å². The van der Waals surface area contributed by atoms with Crippen LogP contribution in [-0.4, -0.2) is 64.3 Å². The lowest BCUT2D eigenvalue weighted by molar-refractivity contribution is 0.210. The van der Waals surface area contributed by atoms with Gasteiger partial charge in [-0.05, 0) is 19.4 Å². The fourth-order valence-electron chi connectivity index (χ4n) is 2.80. The Balaban J connectivity index is 1.56. The summed E-state index contributed by atoms with van der Waals surface area (Å²) < 4.78 is 5.12. The lowest BCUT2D eigenvalue weighted by Crippen LogP contribution is -2.38. The molecule has 1 aliphatic rings. The number of ether oxygens (including phenoxy) is 1. The second-order valence-electron chi connectivity index (χ2n) is 5.86. The molecule has 134 valence electrons. The molecule has 0 unspecified atom stereocenters. The average Bonchev–Trinajstić information content (AvgIpc) is 2.88. The van der Waals surface area contributed by atoms with Gasteiger partial charge < -0.3 is 15.0 Å². The molecule has 0 aliphatic carbocycles. The first-order chi connectivity index (χ1) is 12.2. The second-order valence-corrected chi connectivity index (χ2v) is 6.92. The third kappa shape index (κ3) is 4.64. The molecule has 2 aromatic rings. The molecule has 2 amide bonds. The summed E-state index contributed by atoms with van der Waals surface area (Å²) in [5.74, 6) is 0.311. The standard InChI is InChI=1S/C16H22N6O2S/c1-12-18-13(11-25-12)10-21-6-3-7-22(9-8-21)16(23)19-14-4-5-17-20-15(14)24-2/h4-5,11H,3,6-10H2,1-2H3,(H,17,19,23). The van der Waals surface area contributed by atoms with Gasteiger partial charge in [-0.1, -0.05) is 0 Å². The fraction of sp³-hybridized carbons (Fsp3) is 0.500. The van der Waals surface area contributed by atoms with Gasteiger partial charge in [-0.2, -0.15) is 5.10 Å². The van der Waals surface area contributed by atoms with Crippen molar-refractivity contribution in [3.63, 3.8) is 0 Å². The minimum absolute atomic E-state index is 0.141. The van der Waals surface area contributed by atoms with Crippen molar-refractivity contribution in [1.82, 2.24) is 25.0 Å². The zero-order valence-corrected chi connectivity index (χ0v) is 15.3. The number of thiazole rings is 1. The van der Waals surface area contributed by atoms with Crippen molar-refractivity contribution in [2.75, 3.05) is 38.6 Å². The van der Waals surface area contributed by atoms with Gasteiger partial charge in [0.05, 0.1) is 24.0 Å². The number of nitrogens with zero attached hydrogens (tertiary/aromatic N) is 5. The maximum Gasteiger partial charge on any atom is 0.322 e. The third-order valence-corrected chi connectivity index (χ3v) is 4.87. The summed E-state index contributed by atoms with van der Waals surface area (Å²) in [7, 11) is 1.50. The highest BCUT2D eigenvalue weighted by Gasteiger charge is 2.20. The van der Waals surface area contributed by atoms with Gasteiger partial charge in [0.2, 0.25) is 0 Å². The van der Waals surface area contributed by atoms with Gasteiger partial charge in [-0.15, -0.1) is 16.4 Å². The molecule has 3 heterocycles. The Kier molecular flexibility index (Phi) is 5.77. The van der Waals surface area contributed by atoms with E-state index >= 15 is 0 Å². The Hall–Kier alpha value is -2.26. The van der Waals surface area contributed by atoms with Crippen LogP contribution in [-0.2, 0) is 6.54 Å². The Morgan fingerprint density at radius 2 is 2.24 bits per heavy atom. The quantitative estimate of drug-likeness (QED) is 0.895. The molecule has 1 N–H and O–H groups in total. The summed E-state index contributed by atoms with van der Waals surface area (Å²) in [6, 6.07) is 1.54.